The molecule has 1 fully saturated rings. The quantitative estimate of drug-likeness (QED) is 0.804. The summed E-state index contributed by atoms with van der Waals surface area (Å²) in [4.78, 5) is 20.3. The summed E-state index contributed by atoms with van der Waals surface area (Å²) in [7, 11) is 0. The maximum absolute atomic E-state index is 14.1. The zero-order chi connectivity index (χ0) is 18.6. The number of thiazole rings is 1. The van der Waals surface area contributed by atoms with Crippen molar-refractivity contribution < 1.29 is 28.3 Å². The van der Waals surface area contributed by atoms with Gasteiger partial charge in [-0.25, -0.2) is 9.37 Å². The lowest BCUT2D eigenvalue weighted by molar-refractivity contribution is -0.906. The summed E-state index contributed by atoms with van der Waals surface area (Å²) in [5.41, 5.74) is 0.281. The Morgan fingerprint density at radius 1 is 1.26 bits per heavy atom. The van der Waals surface area contributed by atoms with Gasteiger partial charge in [0.1, 0.15) is 43.9 Å². The summed E-state index contributed by atoms with van der Waals surface area (Å²) in [5.74, 6) is -0.558. The van der Waals surface area contributed by atoms with E-state index in [1.165, 1.54) is 28.6 Å². The fourth-order valence-electron chi connectivity index (χ4n) is 3.10. The fraction of sp³-hybridized carbons (Fsp3) is 0.444. The molecular weight excluding hydrogens is 373 g/mol. The number of nitrogens with one attached hydrogen (secondary N) is 1. The number of para-hydroxylation sites is 1. The molecule has 2 aliphatic heterocycles. The highest BCUT2D eigenvalue weighted by Gasteiger charge is 2.28. The van der Waals surface area contributed by atoms with Gasteiger partial charge in [-0.05, 0) is 12.1 Å². The second kappa shape index (κ2) is 8.20. The molecule has 1 N–H and O–H groups in total. The highest BCUT2D eigenvalue weighted by atomic mass is 32.1. The van der Waals surface area contributed by atoms with Crippen molar-refractivity contribution >= 4 is 32.6 Å². The smallest absolute Gasteiger partial charge is 0.298 e. The van der Waals surface area contributed by atoms with Gasteiger partial charge in [-0.15, -0.1) is 0 Å². The summed E-state index contributed by atoms with van der Waals surface area (Å²) >= 11 is 1.29. The van der Waals surface area contributed by atoms with Crippen LogP contribution in [0.25, 0.3) is 10.2 Å². The van der Waals surface area contributed by atoms with Gasteiger partial charge in [0.15, 0.2) is 5.13 Å². The molecule has 2 aromatic rings. The number of aromatic nitrogens is 1. The van der Waals surface area contributed by atoms with Crippen molar-refractivity contribution in [2.75, 3.05) is 57.5 Å². The van der Waals surface area contributed by atoms with Crippen molar-refractivity contribution in [2.24, 2.45) is 0 Å². The number of amides is 1. The van der Waals surface area contributed by atoms with Crippen LogP contribution in [0.4, 0.5) is 9.52 Å². The lowest BCUT2D eigenvalue weighted by Crippen LogP contribution is -3.14. The van der Waals surface area contributed by atoms with Crippen LogP contribution < -0.4 is 9.80 Å². The number of nitrogens with zero attached hydrogens (tertiary/aromatic N) is 2. The van der Waals surface area contributed by atoms with E-state index >= 15 is 0 Å². The third-order valence-electron chi connectivity index (χ3n) is 4.58. The Bertz CT molecular complexity index is 850. The minimum atomic E-state index is -0.391. The number of quaternary nitrogens is 1. The highest BCUT2D eigenvalue weighted by Crippen LogP contribution is 2.31. The van der Waals surface area contributed by atoms with Gasteiger partial charge in [-0.1, -0.05) is 17.4 Å². The van der Waals surface area contributed by atoms with Gasteiger partial charge in [-0.2, -0.15) is 0 Å². The molecule has 4 rings (SSSR count). The molecule has 0 aliphatic carbocycles. The minimum Gasteiger partial charge on any atom is -0.494 e. The molecule has 0 unspecified atom stereocenters. The minimum absolute atomic E-state index is 0.151. The van der Waals surface area contributed by atoms with Crippen LogP contribution in [0.1, 0.15) is 0 Å². The van der Waals surface area contributed by atoms with E-state index in [4.69, 9.17) is 14.2 Å². The van der Waals surface area contributed by atoms with Gasteiger partial charge in [-0.3, -0.25) is 9.69 Å². The SMILES string of the molecule is O=C(C1=COCCO1)N(CC[NH+]1CCOCC1)c1nc2c(F)cccc2s1. The van der Waals surface area contributed by atoms with Gasteiger partial charge in [0.05, 0.1) is 31.0 Å². The second-order valence-corrected chi connectivity index (χ2v) is 7.36. The number of halogens is 1. The molecule has 3 heterocycles. The number of rotatable bonds is 5. The first-order valence-electron chi connectivity index (χ1n) is 8.95. The van der Waals surface area contributed by atoms with Crippen molar-refractivity contribution in [3.05, 3.63) is 36.0 Å². The average molecular weight is 394 g/mol. The Morgan fingerprint density at radius 2 is 2.11 bits per heavy atom. The lowest BCUT2D eigenvalue weighted by Gasteiger charge is -2.27. The van der Waals surface area contributed by atoms with Gasteiger partial charge in [0, 0.05) is 0 Å². The number of carbonyl (C=O) groups excluding carboxylic acids is 1. The third kappa shape index (κ3) is 4.05. The zero-order valence-electron chi connectivity index (χ0n) is 14.8. The first-order valence-corrected chi connectivity index (χ1v) is 9.77. The highest BCUT2D eigenvalue weighted by molar-refractivity contribution is 7.22. The number of fused-ring (bicyclic) bond motifs is 1. The molecule has 0 bridgehead atoms. The summed E-state index contributed by atoms with van der Waals surface area (Å²) in [6.07, 6.45) is 1.34. The fourth-order valence-corrected chi connectivity index (χ4v) is 4.10. The molecular formula is C18H21FN3O4S+. The van der Waals surface area contributed by atoms with Crippen LogP contribution in [-0.4, -0.2) is 63.5 Å². The van der Waals surface area contributed by atoms with Gasteiger partial charge < -0.3 is 19.1 Å². The molecule has 9 heteroatoms. The molecule has 0 spiro atoms. The summed E-state index contributed by atoms with van der Waals surface area (Å²) < 4.78 is 30.8. The van der Waals surface area contributed by atoms with Crippen LogP contribution in [0, 0.1) is 5.82 Å². The number of morpholine rings is 1. The number of hydrogen-bond donors (Lipinski definition) is 1. The van der Waals surface area contributed by atoms with Crippen molar-refractivity contribution in [3.8, 4) is 0 Å². The third-order valence-corrected chi connectivity index (χ3v) is 5.63. The molecule has 0 atom stereocenters. The first-order chi connectivity index (χ1) is 13.2. The Balaban J connectivity index is 1.60. The van der Waals surface area contributed by atoms with Crippen LogP contribution in [-0.2, 0) is 19.0 Å². The van der Waals surface area contributed by atoms with Crippen LogP contribution in [0.5, 0.6) is 0 Å². The lowest BCUT2D eigenvalue weighted by atomic mass is 10.3. The van der Waals surface area contributed by atoms with E-state index in [9.17, 15) is 9.18 Å². The number of carbonyl (C=O) groups is 1. The standard InChI is InChI=1S/C18H20FN3O4S/c19-13-2-1-3-15-16(13)20-18(27-15)22(5-4-21-6-8-24-9-7-21)17(23)14-12-25-10-11-26-14/h1-3,12H,4-11H2/p+1. The average Bonchev–Trinajstić information content (AvgIpc) is 3.15. The summed E-state index contributed by atoms with van der Waals surface area (Å²) in [6, 6.07) is 4.82. The van der Waals surface area contributed by atoms with E-state index in [0.717, 1.165) is 32.8 Å². The van der Waals surface area contributed by atoms with E-state index in [1.807, 2.05) is 0 Å². The predicted molar refractivity (Wildman–Crippen MR) is 98.3 cm³/mol. The molecule has 0 saturated carbocycles. The van der Waals surface area contributed by atoms with Crippen LogP contribution in [0.15, 0.2) is 30.2 Å². The Hall–Kier alpha value is -2.23. The van der Waals surface area contributed by atoms with Crippen molar-refractivity contribution in [3.63, 3.8) is 0 Å². The first kappa shape index (κ1) is 18.1. The Labute approximate surface area is 159 Å². The second-order valence-electron chi connectivity index (χ2n) is 6.35. The van der Waals surface area contributed by atoms with E-state index in [2.05, 4.69) is 4.98 Å². The molecule has 144 valence electrons. The molecule has 2 aliphatic rings. The Kier molecular flexibility index (Phi) is 5.51. The molecule has 1 saturated heterocycles. The van der Waals surface area contributed by atoms with Gasteiger partial charge >= 0.3 is 0 Å². The monoisotopic (exact) mass is 394 g/mol. The zero-order valence-corrected chi connectivity index (χ0v) is 15.6. The predicted octanol–water partition coefficient (Wildman–Crippen LogP) is 0.572. The number of benzene rings is 1. The van der Waals surface area contributed by atoms with Crippen molar-refractivity contribution in [2.45, 2.75) is 0 Å². The van der Waals surface area contributed by atoms with E-state index in [1.54, 1.807) is 17.0 Å². The van der Waals surface area contributed by atoms with Gasteiger partial charge in [0.2, 0.25) is 5.76 Å². The molecule has 1 aromatic heterocycles. The topological polar surface area (TPSA) is 65.3 Å². The largest absolute Gasteiger partial charge is 0.494 e. The van der Waals surface area contributed by atoms with Crippen molar-refractivity contribution in [1.29, 1.82) is 0 Å². The van der Waals surface area contributed by atoms with E-state index < -0.39 is 5.82 Å². The van der Waals surface area contributed by atoms with Crippen molar-refractivity contribution in [1.82, 2.24) is 4.98 Å². The van der Waals surface area contributed by atoms with E-state index in [0.29, 0.717) is 29.6 Å². The Morgan fingerprint density at radius 3 is 2.85 bits per heavy atom. The molecule has 1 aromatic carbocycles. The normalized spacial score (nSPS) is 17.9. The van der Waals surface area contributed by atoms with Crippen LogP contribution >= 0.6 is 11.3 Å². The number of anilines is 1. The maximum Gasteiger partial charge on any atom is 0.298 e. The molecule has 0 radical (unpaired) electrons. The summed E-state index contributed by atoms with van der Waals surface area (Å²) in [6.45, 7) is 5.20. The van der Waals surface area contributed by atoms with Crippen LogP contribution in [0.3, 0.4) is 0 Å². The number of hydrogen-bond acceptors (Lipinski definition) is 6. The van der Waals surface area contributed by atoms with Gasteiger partial charge in [0.25, 0.3) is 5.91 Å². The molecule has 1 amide bonds. The van der Waals surface area contributed by atoms with Crippen LogP contribution in [0.2, 0.25) is 0 Å². The number of ether oxygens (including phenoxy) is 3. The maximum atomic E-state index is 14.1. The van der Waals surface area contributed by atoms with E-state index in [-0.39, 0.29) is 17.2 Å². The molecule has 7 nitrogen and oxygen atoms in total. The summed E-state index contributed by atoms with van der Waals surface area (Å²) in [5, 5.41) is 0.461. The molecule has 27 heavy (non-hydrogen) atoms.